The Morgan fingerprint density at radius 2 is 1.56 bits per heavy atom. The zero-order chi connectivity index (χ0) is 66.3. The lowest BCUT2D eigenvalue weighted by Crippen LogP contribution is -2.60. The minimum atomic E-state index is -1.04. The lowest BCUT2D eigenvalue weighted by atomic mass is 9.35. The maximum absolute atomic E-state index is 15.8. The number of fused-ring (bicyclic) bond motifs is 2. The number of carbonyl (C=O) groups excluding carboxylic acids is 4. The number of carbonyl (C=O) groups is 4. The zero-order valence-corrected chi connectivity index (χ0v) is 58.5. The average Bonchev–Trinajstić information content (AvgIpc) is 0.987. The zero-order valence-electron chi connectivity index (χ0n) is 56.9. The molecule has 502 valence electrons. The summed E-state index contributed by atoms with van der Waals surface area (Å²) in [6.45, 7) is 24.6. The molecule has 4 aliphatic heterocycles. The van der Waals surface area contributed by atoms with Crippen LogP contribution in [0.4, 0.5) is 22.6 Å². The van der Waals surface area contributed by atoms with Crippen LogP contribution in [0.25, 0.3) is 31.8 Å². The van der Waals surface area contributed by atoms with Gasteiger partial charge in [-0.2, -0.15) is 5.10 Å². The van der Waals surface area contributed by atoms with Crippen molar-refractivity contribution >= 4 is 79.1 Å². The topological polar surface area (TPSA) is 220 Å². The third-order valence-corrected chi connectivity index (χ3v) is 24.4. The van der Waals surface area contributed by atoms with Gasteiger partial charge < -0.3 is 40.7 Å². The second-order valence-corrected chi connectivity index (χ2v) is 33.3. The van der Waals surface area contributed by atoms with E-state index >= 15 is 4.79 Å². The van der Waals surface area contributed by atoms with Crippen molar-refractivity contribution in [2.24, 2.45) is 33.0 Å². The average molecular weight is 1320 g/mol. The van der Waals surface area contributed by atoms with E-state index in [1.165, 1.54) is 88.7 Å². The Bertz CT molecular complexity index is 4020. The van der Waals surface area contributed by atoms with Crippen molar-refractivity contribution in [3.05, 3.63) is 106 Å². The van der Waals surface area contributed by atoms with Gasteiger partial charge in [0.25, 0.3) is 5.91 Å². The largest absolute Gasteiger partial charge is 0.391 e. The number of thiazole rings is 2. The molecule has 15 rings (SSSR count). The van der Waals surface area contributed by atoms with Crippen LogP contribution < -0.4 is 20.9 Å². The van der Waals surface area contributed by atoms with Gasteiger partial charge in [-0.15, -0.1) is 21.5 Å². The molecule has 4 bridgehead atoms. The molecule has 21 heteroatoms. The van der Waals surface area contributed by atoms with E-state index in [9.17, 15) is 19.5 Å². The molecule has 2 unspecified atom stereocenters. The monoisotopic (exact) mass is 1320 g/mol. The predicted molar refractivity (Wildman–Crippen MR) is 374 cm³/mol. The second-order valence-electron chi connectivity index (χ2n) is 31.5. The van der Waals surface area contributed by atoms with Crippen molar-refractivity contribution in [3.8, 4) is 21.6 Å². The molecule has 4 N–H and O–H groups in total. The third-order valence-electron chi connectivity index (χ3n) is 22.5. The van der Waals surface area contributed by atoms with Gasteiger partial charge in [-0.1, -0.05) is 82.4 Å². The van der Waals surface area contributed by atoms with Gasteiger partial charge in [-0.3, -0.25) is 23.9 Å². The molecule has 4 amide bonds. The van der Waals surface area contributed by atoms with Crippen LogP contribution in [0, 0.1) is 53.8 Å². The van der Waals surface area contributed by atoms with E-state index in [1.807, 2.05) is 101 Å². The maximum Gasteiger partial charge on any atom is 0.273 e. The van der Waals surface area contributed by atoms with Crippen LogP contribution in [0.3, 0.4) is 0 Å². The van der Waals surface area contributed by atoms with E-state index in [2.05, 4.69) is 69.2 Å². The number of β-amino-alcohol motifs (C(OH)–C–C–N with tert-alkyl or cyclic N) is 1. The number of aliphatic hydroxyl groups excluding tert-OH is 1. The Hall–Kier alpha value is -7.20. The second kappa shape index (κ2) is 25.3. The molecule has 2 aromatic carbocycles. The van der Waals surface area contributed by atoms with Crippen LogP contribution in [0.1, 0.15) is 176 Å². The Kier molecular flexibility index (Phi) is 17.4. The van der Waals surface area contributed by atoms with Gasteiger partial charge in [-0.25, -0.2) is 15.0 Å². The number of para-hydroxylation sites is 1. The third kappa shape index (κ3) is 12.9. The van der Waals surface area contributed by atoms with Crippen LogP contribution in [-0.4, -0.2) is 142 Å². The number of nitrogens with zero attached hydrogens (tertiary/aromatic N) is 11. The first-order chi connectivity index (χ1) is 45.4. The maximum atomic E-state index is 15.8. The standard InChI is InChI=1S/C74H94N14O5S2/c1-45-53-18-15-32-86(64(53)83-82-63(45)81-69-78-56-19-10-11-20-58(56)95-69)59-26-25-54(55-34-76-88(48(55)4)43-74-40-71(8)37-72(9,41-74)39-73(38-71,42-74)27-16-30-84-28-12-13-29-84)60(79-59)67(92)85-31-14-17-51(35-85)65(90)80-62(70(5,6)7)68(93)87-36-52(89)33-57(87)66(91)77-46(2)49-21-23-50(24-22-49)61-47(3)75-44-94-61/h10-11,19-26,34,44,46,51-52,57,62,89H,12-18,27-33,35-43H2,1-9H3,(H,77,91)(H,80,90)(H,78,81,82)/t46-,51-,52+,57-,62+,71?,72?,73?,74?/m0/s1. The molecule has 19 nitrogen and oxygen atoms in total. The van der Waals surface area contributed by atoms with Crippen LogP contribution in [0.2, 0.25) is 0 Å². The Morgan fingerprint density at radius 1 is 0.800 bits per heavy atom. The number of aryl methyl sites for hydroxylation is 1. The SMILES string of the molecule is Cc1ncsc1-c1ccc([C@H](C)NC(=O)[C@@H]2C[C@@H](O)CN2C(=O)[C@@H](NC(=O)[C@H]2CCCN(C(=O)c3nc(N4CCCc5c4nnc(Nc4nc6ccccc6s4)c5C)ccc3-c3cnn(CC45CC6(C)CC(C)(CC(CCCN7CCCC7)(C6)C4)C5)c3C)C2)C(C)(C)C)cc1. The number of likely N-dealkylation sites (tertiary alicyclic amines) is 3. The van der Waals surface area contributed by atoms with Gasteiger partial charge in [0.1, 0.15) is 23.6 Å². The molecule has 7 aromatic rings. The summed E-state index contributed by atoms with van der Waals surface area (Å²) in [4.78, 5) is 83.6. The highest BCUT2D eigenvalue weighted by Gasteiger charge is 2.65. The summed E-state index contributed by atoms with van der Waals surface area (Å²) in [5.74, 6) is -0.179. The van der Waals surface area contributed by atoms with Crippen molar-refractivity contribution in [1.29, 1.82) is 0 Å². The highest BCUT2D eigenvalue weighted by atomic mass is 32.1. The minimum Gasteiger partial charge on any atom is -0.391 e. The molecule has 5 aromatic heterocycles. The van der Waals surface area contributed by atoms with E-state index in [-0.39, 0.29) is 54.4 Å². The highest BCUT2D eigenvalue weighted by Crippen LogP contribution is 2.75. The Morgan fingerprint density at radius 3 is 2.29 bits per heavy atom. The van der Waals surface area contributed by atoms with Crippen molar-refractivity contribution in [1.82, 2.24) is 60.3 Å². The van der Waals surface area contributed by atoms with Crippen molar-refractivity contribution in [2.75, 3.05) is 56.0 Å². The Labute approximate surface area is 566 Å². The quantitative estimate of drug-likeness (QED) is 0.0628. The molecule has 7 atom stereocenters. The Balaban J connectivity index is 0.726. The van der Waals surface area contributed by atoms with Crippen molar-refractivity contribution in [2.45, 2.75) is 189 Å². The first-order valence-electron chi connectivity index (χ1n) is 34.9. The fourth-order valence-corrected chi connectivity index (χ4v) is 20.9. The molecule has 95 heavy (non-hydrogen) atoms. The van der Waals surface area contributed by atoms with Gasteiger partial charge in [0.15, 0.2) is 16.8 Å². The number of nitrogens with one attached hydrogen (secondary N) is 3. The molecule has 8 aliphatic rings. The lowest BCUT2D eigenvalue weighted by molar-refractivity contribution is -0.198. The number of benzene rings is 2. The highest BCUT2D eigenvalue weighted by molar-refractivity contribution is 7.22. The van der Waals surface area contributed by atoms with E-state index in [0.29, 0.717) is 65.2 Å². The minimum absolute atomic E-state index is 0.0485. The van der Waals surface area contributed by atoms with Crippen molar-refractivity contribution < 1.29 is 24.3 Å². The summed E-state index contributed by atoms with van der Waals surface area (Å²) in [6.07, 6.45) is 16.6. The van der Waals surface area contributed by atoms with E-state index < -0.39 is 35.4 Å². The molecule has 3 saturated heterocycles. The first-order valence-corrected chi connectivity index (χ1v) is 36.5. The number of aromatic nitrogens is 7. The molecule has 4 saturated carbocycles. The summed E-state index contributed by atoms with van der Waals surface area (Å²) in [6, 6.07) is 17.7. The molecular formula is C74H94N14O5S2. The van der Waals surface area contributed by atoms with Gasteiger partial charge in [0, 0.05) is 67.1 Å². The molecule has 7 fully saturated rings. The number of amides is 4. The molecule has 4 aliphatic carbocycles. The van der Waals surface area contributed by atoms with E-state index in [4.69, 9.17) is 25.3 Å². The first kappa shape index (κ1) is 65.1. The number of rotatable bonds is 18. The molecular weight excluding hydrogens is 1230 g/mol. The molecule has 0 spiro atoms. The van der Waals surface area contributed by atoms with Crippen molar-refractivity contribution in [3.63, 3.8) is 0 Å². The van der Waals surface area contributed by atoms with Crippen LogP contribution >= 0.6 is 22.7 Å². The number of aliphatic hydroxyl groups is 1. The summed E-state index contributed by atoms with van der Waals surface area (Å²) in [5, 5.41) is 36.4. The van der Waals surface area contributed by atoms with E-state index in [0.717, 1.165) is 78.8 Å². The van der Waals surface area contributed by atoms with Gasteiger partial charge in [0.2, 0.25) is 17.7 Å². The number of hydrogen-bond donors (Lipinski definition) is 4. The van der Waals surface area contributed by atoms with Crippen LogP contribution in [-0.2, 0) is 27.3 Å². The number of piperidine rings is 1. The summed E-state index contributed by atoms with van der Waals surface area (Å²) in [7, 11) is 0. The van der Waals surface area contributed by atoms with Crippen LogP contribution in [0.5, 0.6) is 0 Å². The predicted octanol–water partition coefficient (Wildman–Crippen LogP) is 12.7. The van der Waals surface area contributed by atoms with Gasteiger partial charge >= 0.3 is 0 Å². The van der Waals surface area contributed by atoms with E-state index in [1.54, 1.807) is 27.6 Å². The van der Waals surface area contributed by atoms with Gasteiger partial charge in [-0.05, 0) is 200 Å². The van der Waals surface area contributed by atoms with Gasteiger partial charge in [0.05, 0.1) is 50.6 Å². The van der Waals surface area contributed by atoms with Crippen LogP contribution in [0.15, 0.2) is 72.4 Å². The number of pyridine rings is 1. The summed E-state index contributed by atoms with van der Waals surface area (Å²) >= 11 is 3.15. The number of anilines is 4. The smallest absolute Gasteiger partial charge is 0.273 e. The fourth-order valence-electron chi connectivity index (χ4n) is 19.2. The number of hydrogen-bond acceptors (Lipinski definition) is 16. The lowest BCUT2D eigenvalue weighted by Gasteiger charge is -2.70. The normalized spacial score (nSPS) is 26.5. The summed E-state index contributed by atoms with van der Waals surface area (Å²) < 4.78 is 3.32. The molecule has 9 heterocycles. The summed E-state index contributed by atoms with van der Waals surface area (Å²) in [5.41, 5.74) is 10.8. The molecule has 0 radical (unpaired) electrons. The fraction of sp³-hybridized carbons (Fsp3) is 0.568.